The van der Waals surface area contributed by atoms with Gasteiger partial charge in [-0.15, -0.1) is 0 Å². The van der Waals surface area contributed by atoms with E-state index in [-0.39, 0.29) is 0 Å². The molecule has 3 heterocycles. The summed E-state index contributed by atoms with van der Waals surface area (Å²) in [5.41, 5.74) is 3.56. The van der Waals surface area contributed by atoms with Crippen molar-refractivity contribution in [2.24, 2.45) is 0 Å². The Morgan fingerprint density at radius 2 is 2.07 bits per heavy atom. The SMILES string of the molecule is COc1cc2c(cc1-n1nc(C)c3c1C=C(Cl)NC3)OCCN2C(=O)OC(C)(C)C. The first-order valence-electron chi connectivity index (χ1n) is 9.73. The van der Waals surface area contributed by atoms with Gasteiger partial charge in [0.2, 0.25) is 0 Å². The third kappa shape index (κ3) is 3.67. The normalized spacial score (nSPS) is 15.4. The minimum Gasteiger partial charge on any atom is -0.494 e. The number of rotatable bonds is 2. The van der Waals surface area contributed by atoms with Crippen LogP contribution in [0, 0.1) is 6.92 Å². The Kier molecular flexibility index (Phi) is 5.05. The molecule has 1 aromatic carbocycles. The van der Waals surface area contributed by atoms with Crippen molar-refractivity contribution in [3.8, 4) is 17.2 Å². The second-order valence-electron chi connectivity index (χ2n) is 8.18. The van der Waals surface area contributed by atoms with Crippen LogP contribution in [0.4, 0.5) is 10.5 Å². The van der Waals surface area contributed by atoms with E-state index in [4.69, 9.17) is 25.8 Å². The number of carbonyl (C=O) groups excluding carboxylic acids is 1. The summed E-state index contributed by atoms with van der Waals surface area (Å²) in [6, 6.07) is 3.62. The zero-order chi connectivity index (χ0) is 21.6. The number of carbonyl (C=O) groups is 1. The van der Waals surface area contributed by atoms with Gasteiger partial charge in [-0.3, -0.25) is 4.90 Å². The highest BCUT2D eigenvalue weighted by molar-refractivity contribution is 6.31. The summed E-state index contributed by atoms with van der Waals surface area (Å²) < 4.78 is 18.9. The number of nitrogens with one attached hydrogen (secondary N) is 1. The van der Waals surface area contributed by atoms with Crippen LogP contribution in [0.5, 0.6) is 11.5 Å². The molecular weight excluding hydrogens is 408 g/mol. The molecule has 1 N–H and O–H groups in total. The maximum absolute atomic E-state index is 12.7. The molecule has 4 rings (SSSR count). The fourth-order valence-corrected chi connectivity index (χ4v) is 3.71. The number of amides is 1. The quantitative estimate of drug-likeness (QED) is 0.723. The minimum absolute atomic E-state index is 0.365. The van der Waals surface area contributed by atoms with Gasteiger partial charge in [0.05, 0.1) is 30.7 Å². The Hall–Kier alpha value is -2.87. The van der Waals surface area contributed by atoms with Crippen LogP contribution in [0.1, 0.15) is 37.7 Å². The lowest BCUT2D eigenvalue weighted by atomic mass is 10.1. The molecule has 2 aromatic rings. The van der Waals surface area contributed by atoms with E-state index in [0.29, 0.717) is 47.7 Å². The van der Waals surface area contributed by atoms with Crippen LogP contribution in [0.25, 0.3) is 11.8 Å². The number of ether oxygens (including phenoxy) is 3. The first-order chi connectivity index (χ1) is 14.2. The smallest absolute Gasteiger partial charge is 0.415 e. The molecule has 1 aromatic heterocycles. The zero-order valence-corrected chi connectivity index (χ0v) is 18.5. The van der Waals surface area contributed by atoms with Crippen LogP contribution < -0.4 is 19.7 Å². The van der Waals surface area contributed by atoms with Crippen molar-refractivity contribution < 1.29 is 19.0 Å². The molecule has 2 aliphatic rings. The fraction of sp³-hybridized carbons (Fsp3) is 0.429. The van der Waals surface area contributed by atoms with E-state index in [2.05, 4.69) is 10.4 Å². The minimum atomic E-state index is -0.592. The van der Waals surface area contributed by atoms with Crippen LogP contribution in [0.3, 0.4) is 0 Å². The third-order valence-electron chi connectivity index (χ3n) is 4.89. The van der Waals surface area contributed by atoms with E-state index in [1.54, 1.807) is 22.8 Å². The van der Waals surface area contributed by atoms with Crippen molar-refractivity contribution in [3.05, 3.63) is 34.2 Å². The van der Waals surface area contributed by atoms with Gasteiger partial charge in [0.1, 0.15) is 34.6 Å². The maximum atomic E-state index is 12.7. The van der Waals surface area contributed by atoms with Gasteiger partial charge in [-0.1, -0.05) is 11.6 Å². The number of methoxy groups -OCH3 is 1. The number of hydrogen-bond acceptors (Lipinski definition) is 6. The van der Waals surface area contributed by atoms with Crippen molar-refractivity contribution in [1.82, 2.24) is 15.1 Å². The molecule has 0 unspecified atom stereocenters. The molecule has 9 heteroatoms. The molecule has 0 saturated heterocycles. The fourth-order valence-electron chi connectivity index (χ4n) is 3.54. The highest BCUT2D eigenvalue weighted by Crippen LogP contribution is 2.41. The molecule has 0 radical (unpaired) electrons. The van der Waals surface area contributed by atoms with Crippen molar-refractivity contribution >= 4 is 29.5 Å². The lowest BCUT2D eigenvalue weighted by Gasteiger charge is -2.32. The summed E-state index contributed by atoms with van der Waals surface area (Å²) in [6.45, 7) is 8.84. The predicted octanol–water partition coefficient (Wildman–Crippen LogP) is 3.96. The number of hydrogen-bond donors (Lipinski definition) is 1. The molecule has 0 bridgehead atoms. The van der Waals surface area contributed by atoms with E-state index in [1.165, 1.54) is 0 Å². The molecule has 0 saturated carbocycles. The van der Waals surface area contributed by atoms with Crippen LogP contribution in [-0.4, -0.2) is 41.7 Å². The standard InChI is InChI=1S/C21H25ClN4O4/c1-12-13-11-23-19(22)10-14(13)26(24-12)16-9-18-15(8-17(16)28-5)25(6-7-29-18)20(27)30-21(2,3)4/h8-10,23H,6-7,11H2,1-5H3. The number of halogens is 1. The number of benzene rings is 1. The van der Waals surface area contributed by atoms with Crippen molar-refractivity contribution in [2.75, 3.05) is 25.2 Å². The molecule has 1 amide bonds. The summed E-state index contributed by atoms with van der Waals surface area (Å²) >= 11 is 6.20. The summed E-state index contributed by atoms with van der Waals surface area (Å²) in [6.07, 6.45) is 1.42. The van der Waals surface area contributed by atoms with Crippen LogP contribution in [0.15, 0.2) is 17.3 Å². The lowest BCUT2D eigenvalue weighted by molar-refractivity contribution is 0.0567. The highest BCUT2D eigenvalue weighted by Gasteiger charge is 2.31. The molecular formula is C21H25ClN4O4. The molecule has 0 aliphatic carbocycles. The van der Waals surface area contributed by atoms with Gasteiger partial charge in [0.25, 0.3) is 0 Å². The highest BCUT2D eigenvalue weighted by atomic mass is 35.5. The van der Waals surface area contributed by atoms with E-state index in [1.807, 2.05) is 39.8 Å². The van der Waals surface area contributed by atoms with Crippen molar-refractivity contribution in [1.29, 1.82) is 0 Å². The van der Waals surface area contributed by atoms with Crippen LogP contribution in [0.2, 0.25) is 0 Å². The number of anilines is 1. The maximum Gasteiger partial charge on any atom is 0.415 e. The molecule has 0 atom stereocenters. The van der Waals surface area contributed by atoms with Crippen molar-refractivity contribution in [3.63, 3.8) is 0 Å². The second kappa shape index (κ2) is 7.43. The third-order valence-corrected chi connectivity index (χ3v) is 5.13. The average Bonchev–Trinajstić information content (AvgIpc) is 3.00. The molecule has 8 nitrogen and oxygen atoms in total. The van der Waals surface area contributed by atoms with Gasteiger partial charge in [0.15, 0.2) is 0 Å². The first kappa shape index (κ1) is 20.4. The topological polar surface area (TPSA) is 77.9 Å². The number of aryl methyl sites for hydroxylation is 1. The number of nitrogens with zero attached hydrogens (tertiary/aromatic N) is 3. The molecule has 0 fully saturated rings. The average molecular weight is 433 g/mol. The summed E-state index contributed by atoms with van der Waals surface area (Å²) in [5.74, 6) is 1.12. The van der Waals surface area contributed by atoms with Crippen molar-refractivity contribution in [2.45, 2.75) is 39.8 Å². The monoisotopic (exact) mass is 432 g/mol. The van der Waals surface area contributed by atoms with E-state index in [0.717, 1.165) is 17.0 Å². The van der Waals surface area contributed by atoms with E-state index >= 15 is 0 Å². The summed E-state index contributed by atoms with van der Waals surface area (Å²) in [5, 5.41) is 8.36. The van der Waals surface area contributed by atoms with Gasteiger partial charge in [-0.05, 0) is 33.8 Å². The predicted molar refractivity (Wildman–Crippen MR) is 115 cm³/mol. The van der Waals surface area contributed by atoms with Gasteiger partial charge in [-0.2, -0.15) is 5.10 Å². The largest absolute Gasteiger partial charge is 0.494 e. The van der Waals surface area contributed by atoms with Gasteiger partial charge < -0.3 is 19.5 Å². The van der Waals surface area contributed by atoms with E-state index < -0.39 is 11.7 Å². The number of aromatic nitrogens is 2. The van der Waals surface area contributed by atoms with Gasteiger partial charge >= 0.3 is 6.09 Å². The molecule has 30 heavy (non-hydrogen) atoms. The van der Waals surface area contributed by atoms with E-state index in [9.17, 15) is 4.79 Å². The first-order valence-corrected chi connectivity index (χ1v) is 10.1. The lowest BCUT2D eigenvalue weighted by Crippen LogP contribution is -2.41. The second-order valence-corrected chi connectivity index (χ2v) is 8.59. The van der Waals surface area contributed by atoms with Gasteiger partial charge in [0, 0.05) is 24.2 Å². The van der Waals surface area contributed by atoms with Gasteiger partial charge in [-0.25, -0.2) is 9.48 Å². The summed E-state index contributed by atoms with van der Waals surface area (Å²) in [7, 11) is 1.58. The summed E-state index contributed by atoms with van der Waals surface area (Å²) in [4.78, 5) is 14.3. The molecule has 160 valence electrons. The Morgan fingerprint density at radius 1 is 1.30 bits per heavy atom. The Bertz CT molecular complexity index is 1040. The Balaban J connectivity index is 1.80. The van der Waals surface area contributed by atoms with Crippen LogP contribution in [-0.2, 0) is 11.3 Å². The number of fused-ring (bicyclic) bond motifs is 2. The molecule has 0 spiro atoms. The molecule has 2 aliphatic heterocycles. The Labute approximate surface area is 180 Å². The zero-order valence-electron chi connectivity index (χ0n) is 17.7. The Morgan fingerprint density at radius 3 is 2.77 bits per heavy atom. The van der Waals surface area contributed by atoms with Crippen LogP contribution >= 0.6 is 11.6 Å².